The molecule has 3 aliphatic rings. The molecule has 2 saturated carbocycles. The molecule has 34 heavy (non-hydrogen) atoms. The number of fused-ring (bicyclic) bond motifs is 3. The van der Waals surface area contributed by atoms with Gasteiger partial charge in [0.05, 0.1) is 0 Å². The van der Waals surface area contributed by atoms with Crippen LogP contribution in [0.5, 0.6) is 0 Å². The van der Waals surface area contributed by atoms with Crippen LogP contribution in [0.25, 0.3) is 0 Å². The number of hydrogen-bond donors (Lipinski definition) is 2. The van der Waals surface area contributed by atoms with Gasteiger partial charge in [-0.1, -0.05) is 57.6 Å². The Labute approximate surface area is 206 Å². The lowest BCUT2D eigenvalue weighted by Gasteiger charge is -2.60. The van der Waals surface area contributed by atoms with Gasteiger partial charge >= 0.3 is 11.9 Å². The van der Waals surface area contributed by atoms with Gasteiger partial charge in [-0.2, -0.15) is 0 Å². The first-order valence-corrected chi connectivity index (χ1v) is 13.3. The van der Waals surface area contributed by atoms with E-state index >= 15 is 0 Å². The van der Waals surface area contributed by atoms with Crippen LogP contribution >= 0.6 is 0 Å². The molecule has 7 atom stereocenters. The highest BCUT2D eigenvalue weighted by Gasteiger charge is 2.63. The average molecular weight is 471 g/mol. The van der Waals surface area contributed by atoms with Crippen LogP contribution < -0.4 is 0 Å². The molecule has 0 spiro atoms. The van der Waals surface area contributed by atoms with Crippen LogP contribution in [0.3, 0.4) is 0 Å². The van der Waals surface area contributed by atoms with Gasteiger partial charge in [0, 0.05) is 12.0 Å². The van der Waals surface area contributed by atoms with Crippen molar-refractivity contribution in [1.82, 2.24) is 0 Å². The molecule has 0 aromatic carbocycles. The summed E-state index contributed by atoms with van der Waals surface area (Å²) in [6.45, 7) is 17.8. The van der Waals surface area contributed by atoms with Crippen molar-refractivity contribution in [3.05, 3.63) is 35.5 Å². The van der Waals surface area contributed by atoms with E-state index in [1.54, 1.807) is 12.5 Å². The molecule has 3 aliphatic carbocycles. The summed E-state index contributed by atoms with van der Waals surface area (Å²) in [7, 11) is 0. The number of aliphatic carboxylic acids is 2. The van der Waals surface area contributed by atoms with Crippen molar-refractivity contribution in [3.63, 3.8) is 0 Å². The Morgan fingerprint density at radius 2 is 1.85 bits per heavy atom. The van der Waals surface area contributed by atoms with E-state index in [0.29, 0.717) is 35.7 Å². The number of rotatable bonds is 9. The first kappa shape index (κ1) is 26.8. The summed E-state index contributed by atoms with van der Waals surface area (Å²) in [5, 5.41) is 18.6. The Kier molecular flexibility index (Phi) is 7.60. The maximum absolute atomic E-state index is 11.5. The average Bonchev–Trinajstić information content (AvgIpc) is 3.03. The second-order valence-corrected chi connectivity index (χ2v) is 12.4. The van der Waals surface area contributed by atoms with Crippen molar-refractivity contribution in [3.8, 4) is 0 Å². The van der Waals surface area contributed by atoms with E-state index in [-0.39, 0.29) is 22.7 Å². The first-order valence-electron chi connectivity index (χ1n) is 13.3. The largest absolute Gasteiger partial charge is 0.481 e. The Bertz CT molecular complexity index is 897. The molecule has 3 rings (SSSR count). The van der Waals surface area contributed by atoms with Gasteiger partial charge in [-0.05, 0) is 105 Å². The zero-order valence-corrected chi connectivity index (χ0v) is 22.2. The molecule has 0 saturated heterocycles. The molecule has 0 aromatic heterocycles. The van der Waals surface area contributed by atoms with E-state index in [9.17, 15) is 14.7 Å². The molecule has 190 valence electrons. The minimum Gasteiger partial charge on any atom is -0.481 e. The predicted octanol–water partition coefficient (Wildman–Crippen LogP) is 7.66. The fraction of sp³-hybridized carbons (Fsp3) is 0.733. The third-order valence-electron chi connectivity index (χ3n) is 10.7. The number of hydrogen-bond acceptors (Lipinski definition) is 2. The fourth-order valence-electron chi connectivity index (χ4n) is 8.44. The number of allylic oxidation sites excluding steroid dienone is 4. The SMILES string of the molecule is C=C(C)[C@@H]1CC=C2[C@H](CC[C@@]3(C)C([C@@H](C)CCC=C(C)C(=O)O)CC[C@]23C)[C@@]1(C)CCC(=O)O. The second-order valence-electron chi connectivity index (χ2n) is 12.4. The van der Waals surface area contributed by atoms with Crippen molar-refractivity contribution < 1.29 is 19.8 Å². The molecule has 0 heterocycles. The zero-order chi connectivity index (χ0) is 25.5. The van der Waals surface area contributed by atoms with Crippen LogP contribution in [0.1, 0.15) is 99.3 Å². The number of carboxylic acid groups (broad SMARTS) is 2. The summed E-state index contributed by atoms with van der Waals surface area (Å²) in [6, 6.07) is 0. The van der Waals surface area contributed by atoms with Gasteiger partial charge < -0.3 is 10.2 Å². The molecule has 0 aromatic rings. The highest BCUT2D eigenvalue weighted by atomic mass is 16.4. The third kappa shape index (κ3) is 4.42. The second kappa shape index (κ2) is 9.66. The zero-order valence-electron chi connectivity index (χ0n) is 22.2. The van der Waals surface area contributed by atoms with Crippen LogP contribution in [0, 0.1) is 39.9 Å². The van der Waals surface area contributed by atoms with E-state index in [4.69, 9.17) is 5.11 Å². The van der Waals surface area contributed by atoms with E-state index in [1.165, 1.54) is 24.8 Å². The van der Waals surface area contributed by atoms with Crippen LogP contribution in [0.15, 0.2) is 35.5 Å². The standard InChI is InChI=1S/C30H46O4/c1-19(2)22-11-12-25-24(28(22,5)16-15-26(31)32)14-18-29(6)23(13-17-30(25,29)7)20(3)9-8-10-21(4)27(33)34/h10,12,20,22-24H,1,8-9,11,13-18H2,2-7H3,(H,31,32)(H,33,34)/t20-,22-,23?,24-,28-,29-,30+/m0/s1. The van der Waals surface area contributed by atoms with Crippen LogP contribution in [0.4, 0.5) is 0 Å². The third-order valence-corrected chi connectivity index (χ3v) is 10.7. The topological polar surface area (TPSA) is 74.6 Å². The van der Waals surface area contributed by atoms with Gasteiger partial charge in [-0.15, -0.1) is 0 Å². The molecule has 1 unspecified atom stereocenters. The summed E-state index contributed by atoms with van der Waals surface area (Å²) in [4.78, 5) is 22.7. The highest BCUT2D eigenvalue weighted by Crippen LogP contribution is 2.71. The first-order chi connectivity index (χ1) is 15.8. The fourth-order valence-corrected chi connectivity index (χ4v) is 8.44. The summed E-state index contributed by atoms with van der Waals surface area (Å²) < 4.78 is 0. The van der Waals surface area contributed by atoms with Gasteiger partial charge in [0.1, 0.15) is 0 Å². The van der Waals surface area contributed by atoms with Gasteiger partial charge in [0.2, 0.25) is 0 Å². The van der Waals surface area contributed by atoms with Gasteiger partial charge in [0.15, 0.2) is 0 Å². The highest BCUT2D eigenvalue weighted by molar-refractivity contribution is 5.85. The molecule has 0 bridgehead atoms. The Morgan fingerprint density at radius 1 is 1.18 bits per heavy atom. The monoisotopic (exact) mass is 470 g/mol. The molecular formula is C30H46O4. The van der Waals surface area contributed by atoms with Crippen LogP contribution in [-0.4, -0.2) is 22.2 Å². The lowest BCUT2D eigenvalue weighted by molar-refractivity contribution is -0.138. The molecule has 2 N–H and O–H groups in total. The number of carboxylic acids is 2. The van der Waals surface area contributed by atoms with E-state index in [1.807, 2.05) is 6.08 Å². The Morgan fingerprint density at radius 3 is 2.44 bits per heavy atom. The minimum atomic E-state index is -0.824. The Balaban J connectivity index is 1.87. The summed E-state index contributed by atoms with van der Waals surface area (Å²) in [5.74, 6) is 0.416. The van der Waals surface area contributed by atoms with Gasteiger partial charge in [-0.3, -0.25) is 4.79 Å². The number of carbonyl (C=O) groups is 2. The lowest BCUT2D eigenvalue weighted by atomic mass is 9.44. The maximum Gasteiger partial charge on any atom is 0.330 e. The van der Waals surface area contributed by atoms with Crippen molar-refractivity contribution in [1.29, 1.82) is 0 Å². The molecule has 2 fully saturated rings. The predicted molar refractivity (Wildman–Crippen MR) is 137 cm³/mol. The normalized spacial score (nSPS) is 38.5. The Hall–Kier alpha value is -1.84. The molecule has 0 radical (unpaired) electrons. The molecule has 4 nitrogen and oxygen atoms in total. The molecule has 0 amide bonds. The van der Waals surface area contributed by atoms with Gasteiger partial charge in [-0.25, -0.2) is 4.79 Å². The molecule has 4 heteroatoms. The van der Waals surface area contributed by atoms with Crippen molar-refractivity contribution in [2.75, 3.05) is 0 Å². The summed E-state index contributed by atoms with van der Waals surface area (Å²) in [6.07, 6.45) is 12.9. The maximum atomic E-state index is 11.5. The smallest absolute Gasteiger partial charge is 0.330 e. The van der Waals surface area contributed by atoms with Crippen molar-refractivity contribution in [2.24, 2.45) is 39.9 Å². The van der Waals surface area contributed by atoms with E-state index < -0.39 is 11.9 Å². The van der Waals surface area contributed by atoms with Crippen molar-refractivity contribution in [2.45, 2.75) is 99.3 Å². The molecule has 0 aliphatic heterocycles. The van der Waals surface area contributed by atoms with Gasteiger partial charge in [0.25, 0.3) is 0 Å². The van der Waals surface area contributed by atoms with Crippen LogP contribution in [-0.2, 0) is 9.59 Å². The van der Waals surface area contributed by atoms with Crippen molar-refractivity contribution >= 4 is 11.9 Å². The minimum absolute atomic E-state index is 0.0541. The van der Waals surface area contributed by atoms with Crippen LogP contribution in [0.2, 0.25) is 0 Å². The molecular weight excluding hydrogens is 424 g/mol. The summed E-state index contributed by atoms with van der Waals surface area (Å²) in [5.41, 5.74) is 3.54. The van der Waals surface area contributed by atoms with E-state index in [2.05, 4.69) is 47.3 Å². The lowest BCUT2D eigenvalue weighted by Crippen LogP contribution is -2.52. The quantitative estimate of drug-likeness (QED) is 0.268. The van der Waals surface area contributed by atoms with E-state index in [0.717, 1.165) is 25.7 Å². The summed E-state index contributed by atoms with van der Waals surface area (Å²) >= 11 is 0.